The number of amides is 1. The summed E-state index contributed by atoms with van der Waals surface area (Å²) in [6.07, 6.45) is 1.75. The lowest BCUT2D eigenvalue weighted by Crippen LogP contribution is -2.36. The average molecular weight is 411 g/mol. The third-order valence-electron chi connectivity index (χ3n) is 4.41. The standard InChI is InChI=1S/C22H23FN4OS/c1-4-15-27-20(17-11-13-18(23)14-12-17)24-25-22(27)29-16(3)21(28)26(5-2)19-9-7-6-8-10-19/h4,6-14,16H,1,5,15H2,2-3H3/t16-/m0/s1. The van der Waals surface area contributed by atoms with Gasteiger partial charge in [-0.3, -0.25) is 9.36 Å². The second-order valence-electron chi connectivity index (χ2n) is 6.39. The number of hydrogen-bond donors (Lipinski definition) is 0. The lowest BCUT2D eigenvalue weighted by molar-refractivity contribution is -0.117. The van der Waals surface area contributed by atoms with E-state index in [1.54, 1.807) is 23.1 Å². The summed E-state index contributed by atoms with van der Waals surface area (Å²) < 4.78 is 15.1. The Morgan fingerprint density at radius 2 is 1.90 bits per heavy atom. The molecule has 0 N–H and O–H groups in total. The Bertz CT molecular complexity index is 972. The lowest BCUT2D eigenvalue weighted by atomic mass is 10.2. The van der Waals surface area contributed by atoms with Crippen LogP contribution >= 0.6 is 11.8 Å². The number of carbonyl (C=O) groups excluding carboxylic acids is 1. The van der Waals surface area contributed by atoms with E-state index in [0.29, 0.717) is 24.1 Å². The highest BCUT2D eigenvalue weighted by molar-refractivity contribution is 8.00. The maximum absolute atomic E-state index is 13.3. The lowest BCUT2D eigenvalue weighted by Gasteiger charge is -2.24. The number of carbonyl (C=O) groups is 1. The molecule has 0 fully saturated rings. The largest absolute Gasteiger partial charge is 0.312 e. The van der Waals surface area contributed by atoms with Crippen LogP contribution in [-0.4, -0.2) is 32.5 Å². The summed E-state index contributed by atoms with van der Waals surface area (Å²) in [4.78, 5) is 14.8. The summed E-state index contributed by atoms with van der Waals surface area (Å²) in [7, 11) is 0. The van der Waals surface area contributed by atoms with E-state index in [1.165, 1.54) is 23.9 Å². The first-order valence-corrected chi connectivity index (χ1v) is 10.3. The van der Waals surface area contributed by atoms with Crippen molar-refractivity contribution in [3.63, 3.8) is 0 Å². The third kappa shape index (κ3) is 4.74. The molecule has 1 amide bonds. The Balaban J connectivity index is 1.84. The van der Waals surface area contributed by atoms with Crippen molar-refractivity contribution in [1.82, 2.24) is 14.8 Å². The molecular weight excluding hydrogens is 387 g/mol. The van der Waals surface area contributed by atoms with E-state index in [-0.39, 0.29) is 17.0 Å². The molecule has 2 aromatic carbocycles. The zero-order valence-corrected chi connectivity index (χ0v) is 17.3. The fourth-order valence-electron chi connectivity index (χ4n) is 2.98. The first-order chi connectivity index (χ1) is 14.0. The molecule has 5 nitrogen and oxygen atoms in total. The number of thioether (sulfide) groups is 1. The van der Waals surface area contributed by atoms with Crippen molar-refractivity contribution in [3.05, 3.63) is 73.1 Å². The maximum atomic E-state index is 13.3. The first-order valence-electron chi connectivity index (χ1n) is 9.38. The van der Waals surface area contributed by atoms with Crippen LogP contribution in [0.3, 0.4) is 0 Å². The zero-order valence-electron chi connectivity index (χ0n) is 16.5. The second kappa shape index (κ2) is 9.52. The first kappa shape index (κ1) is 20.8. The molecule has 0 unspecified atom stereocenters. The van der Waals surface area contributed by atoms with Crippen molar-refractivity contribution in [2.24, 2.45) is 0 Å². The molecular formula is C22H23FN4OS. The van der Waals surface area contributed by atoms with Crippen molar-refractivity contribution in [3.8, 4) is 11.4 Å². The van der Waals surface area contributed by atoms with E-state index in [0.717, 1.165) is 11.3 Å². The summed E-state index contributed by atoms with van der Waals surface area (Å²) in [5.41, 5.74) is 1.62. The van der Waals surface area contributed by atoms with Crippen LogP contribution in [0.1, 0.15) is 13.8 Å². The number of anilines is 1. The van der Waals surface area contributed by atoms with E-state index in [4.69, 9.17) is 0 Å². The number of rotatable bonds is 8. The van der Waals surface area contributed by atoms with E-state index in [1.807, 2.05) is 48.7 Å². The summed E-state index contributed by atoms with van der Waals surface area (Å²) in [5.74, 6) is 0.306. The molecule has 0 bridgehead atoms. The SMILES string of the molecule is C=CCn1c(S[C@@H](C)C(=O)N(CC)c2ccccc2)nnc1-c1ccc(F)cc1. The van der Waals surface area contributed by atoms with Crippen LogP contribution in [0, 0.1) is 5.82 Å². The Morgan fingerprint density at radius 3 is 2.52 bits per heavy atom. The molecule has 1 heterocycles. The van der Waals surface area contributed by atoms with Gasteiger partial charge in [-0.05, 0) is 50.2 Å². The van der Waals surface area contributed by atoms with Crippen LogP contribution < -0.4 is 4.90 Å². The second-order valence-corrected chi connectivity index (χ2v) is 7.70. The van der Waals surface area contributed by atoms with Gasteiger partial charge in [0.25, 0.3) is 0 Å². The monoisotopic (exact) mass is 410 g/mol. The molecule has 150 valence electrons. The summed E-state index contributed by atoms with van der Waals surface area (Å²) in [5, 5.41) is 8.81. The van der Waals surface area contributed by atoms with Gasteiger partial charge in [-0.2, -0.15) is 0 Å². The topological polar surface area (TPSA) is 51.0 Å². The van der Waals surface area contributed by atoms with Crippen LogP contribution in [0.4, 0.5) is 10.1 Å². The van der Waals surface area contributed by atoms with Gasteiger partial charge in [0.05, 0.1) is 5.25 Å². The molecule has 1 aromatic heterocycles. The molecule has 7 heteroatoms. The molecule has 1 atom stereocenters. The van der Waals surface area contributed by atoms with Crippen LogP contribution in [0.15, 0.2) is 72.4 Å². The van der Waals surface area contributed by atoms with Crippen molar-refractivity contribution >= 4 is 23.4 Å². The average Bonchev–Trinajstić information content (AvgIpc) is 3.12. The molecule has 0 radical (unpaired) electrons. The number of hydrogen-bond acceptors (Lipinski definition) is 4. The van der Waals surface area contributed by atoms with Crippen molar-refractivity contribution in [2.75, 3.05) is 11.4 Å². The Kier molecular flexibility index (Phi) is 6.82. The minimum absolute atomic E-state index is 0.000172. The van der Waals surface area contributed by atoms with E-state index >= 15 is 0 Å². The highest BCUT2D eigenvalue weighted by atomic mass is 32.2. The highest BCUT2D eigenvalue weighted by Gasteiger charge is 2.24. The number of halogens is 1. The number of aromatic nitrogens is 3. The summed E-state index contributed by atoms with van der Waals surface area (Å²) in [6.45, 7) is 8.68. The zero-order chi connectivity index (χ0) is 20.8. The van der Waals surface area contributed by atoms with Gasteiger partial charge >= 0.3 is 0 Å². The fraction of sp³-hybridized carbons (Fsp3) is 0.227. The molecule has 3 aromatic rings. The number of nitrogens with zero attached hydrogens (tertiary/aromatic N) is 4. The fourth-order valence-corrected chi connectivity index (χ4v) is 3.90. The summed E-state index contributed by atoms with van der Waals surface area (Å²) in [6, 6.07) is 15.7. The van der Waals surface area contributed by atoms with Crippen molar-refractivity contribution < 1.29 is 9.18 Å². The molecule has 0 saturated carbocycles. The van der Waals surface area contributed by atoms with Gasteiger partial charge in [-0.25, -0.2) is 4.39 Å². The van der Waals surface area contributed by atoms with Crippen molar-refractivity contribution in [2.45, 2.75) is 30.8 Å². The van der Waals surface area contributed by atoms with Gasteiger partial charge in [-0.15, -0.1) is 16.8 Å². The Hall–Kier alpha value is -2.93. The van der Waals surface area contributed by atoms with Gasteiger partial charge < -0.3 is 4.90 Å². The maximum Gasteiger partial charge on any atom is 0.240 e. The van der Waals surface area contributed by atoms with Crippen LogP contribution in [0.5, 0.6) is 0 Å². The van der Waals surface area contributed by atoms with Crippen molar-refractivity contribution in [1.29, 1.82) is 0 Å². The molecule has 0 saturated heterocycles. The van der Waals surface area contributed by atoms with Gasteiger partial charge in [-0.1, -0.05) is 36.0 Å². The quantitative estimate of drug-likeness (QED) is 0.395. The normalized spacial score (nSPS) is 11.8. The van der Waals surface area contributed by atoms with Crippen LogP contribution in [-0.2, 0) is 11.3 Å². The van der Waals surface area contributed by atoms with Gasteiger partial charge in [0, 0.05) is 24.3 Å². The molecule has 0 aliphatic carbocycles. The third-order valence-corrected chi connectivity index (χ3v) is 5.48. The Morgan fingerprint density at radius 1 is 1.21 bits per heavy atom. The van der Waals surface area contributed by atoms with Crippen LogP contribution in [0.25, 0.3) is 11.4 Å². The predicted molar refractivity (Wildman–Crippen MR) is 115 cm³/mol. The highest BCUT2D eigenvalue weighted by Crippen LogP contribution is 2.29. The van der Waals surface area contributed by atoms with Gasteiger partial charge in [0.15, 0.2) is 11.0 Å². The number of para-hydroxylation sites is 1. The molecule has 29 heavy (non-hydrogen) atoms. The summed E-state index contributed by atoms with van der Waals surface area (Å²) >= 11 is 1.35. The number of allylic oxidation sites excluding steroid dienone is 1. The van der Waals surface area contributed by atoms with Gasteiger partial charge in [0.2, 0.25) is 5.91 Å². The molecule has 0 spiro atoms. The van der Waals surface area contributed by atoms with Gasteiger partial charge in [0.1, 0.15) is 5.82 Å². The van der Waals surface area contributed by atoms with Crippen LogP contribution in [0.2, 0.25) is 0 Å². The minimum atomic E-state index is -0.357. The smallest absolute Gasteiger partial charge is 0.240 e. The molecule has 0 aliphatic rings. The predicted octanol–water partition coefficient (Wildman–Crippen LogP) is 4.80. The van der Waals surface area contributed by atoms with E-state index < -0.39 is 0 Å². The van der Waals surface area contributed by atoms with E-state index in [9.17, 15) is 9.18 Å². The van der Waals surface area contributed by atoms with E-state index in [2.05, 4.69) is 16.8 Å². The minimum Gasteiger partial charge on any atom is -0.312 e. The molecule has 0 aliphatic heterocycles. The molecule has 3 rings (SSSR count). The Labute approximate surface area is 174 Å². The number of benzene rings is 2.